The first-order valence-corrected chi connectivity index (χ1v) is 6.74. The van der Waals surface area contributed by atoms with Gasteiger partial charge in [-0.25, -0.2) is 0 Å². The number of rotatable bonds is 5. The van der Waals surface area contributed by atoms with Crippen LogP contribution < -0.4 is 9.47 Å². The van der Waals surface area contributed by atoms with E-state index >= 15 is 0 Å². The average Bonchev–Trinajstić information content (AvgIpc) is 2.82. The van der Waals surface area contributed by atoms with E-state index in [4.69, 9.17) is 4.74 Å². The van der Waals surface area contributed by atoms with Crippen molar-refractivity contribution in [2.75, 3.05) is 6.61 Å². The summed E-state index contributed by atoms with van der Waals surface area (Å²) in [6.45, 7) is 1.51. The van der Waals surface area contributed by atoms with Crippen LogP contribution in [0.2, 0.25) is 0 Å². The minimum atomic E-state index is -4.81. The maximum absolute atomic E-state index is 12.2. The van der Waals surface area contributed by atoms with Gasteiger partial charge in [-0.05, 0) is 31.2 Å². The number of carbonyl (C=O) groups excluding carboxylic acids is 1. The number of Topliss-reactive ketones (excluding diaryl/α,β-unsaturated/α-hetero) is 1. The highest BCUT2D eigenvalue weighted by Gasteiger charge is 2.32. The molecule has 0 saturated heterocycles. The molecule has 0 atom stereocenters. The number of ketones is 1. The van der Waals surface area contributed by atoms with E-state index < -0.39 is 12.1 Å². The summed E-state index contributed by atoms with van der Waals surface area (Å²) in [5.41, 5.74) is 0. The van der Waals surface area contributed by atoms with E-state index in [2.05, 4.69) is 4.74 Å². The number of thiophene rings is 1. The Balaban J connectivity index is 2.05. The summed E-state index contributed by atoms with van der Waals surface area (Å²) in [5, 5.41) is 0. The Hall–Kier alpha value is -2.02. The zero-order valence-corrected chi connectivity index (χ0v) is 11.8. The maximum Gasteiger partial charge on any atom is 0.573 e. The van der Waals surface area contributed by atoms with Gasteiger partial charge in [0.2, 0.25) is 5.78 Å². The highest BCUT2D eigenvalue weighted by molar-refractivity contribution is 7.14. The second kappa shape index (κ2) is 6.17. The second-order valence-electron chi connectivity index (χ2n) is 4.12. The van der Waals surface area contributed by atoms with Gasteiger partial charge in [0.25, 0.3) is 0 Å². The predicted octanol–water partition coefficient (Wildman–Crippen LogP) is 4.22. The summed E-state index contributed by atoms with van der Waals surface area (Å²) >= 11 is 1.30. The van der Waals surface area contributed by atoms with Gasteiger partial charge in [-0.2, -0.15) is 0 Å². The first kappa shape index (κ1) is 15.4. The summed E-state index contributed by atoms with van der Waals surface area (Å²) in [6.07, 6.45) is -4.81. The Kier molecular flexibility index (Phi) is 4.52. The van der Waals surface area contributed by atoms with Gasteiger partial charge in [-0.1, -0.05) is 12.1 Å². The van der Waals surface area contributed by atoms with Crippen LogP contribution in [0.25, 0.3) is 0 Å². The fourth-order valence-electron chi connectivity index (χ4n) is 1.58. The lowest BCUT2D eigenvalue weighted by Gasteiger charge is -2.13. The van der Waals surface area contributed by atoms with Crippen LogP contribution in [0.5, 0.6) is 11.5 Å². The molecule has 2 aromatic rings. The number of alkyl halides is 3. The van der Waals surface area contributed by atoms with Crippen LogP contribution in [-0.2, 0) is 0 Å². The van der Waals surface area contributed by atoms with E-state index in [-0.39, 0.29) is 18.1 Å². The minimum absolute atomic E-state index is 0.128. The third-order valence-corrected chi connectivity index (χ3v) is 3.49. The summed E-state index contributed by atoms with van der Waals surface area (Å²) in [6, 6.07) is 8.77. The van der Waals surface area contributed by atoms with Crippen molar-refractivity contribution >= 4 is 17.1 Å². The minimum Gasteiger partial charge on any atom is -0.482 e. The van der Waals surface area contributed by atoms with Gasteiger partial charge in [-0.15, -0.1) is 24.5 Å². The van der Waals surface area contributed by atoms with E-state index in [0.29, 0.717) is 4.88 Å². The molecule has 0 spiro atoms. The van der Waals surface area contributed by atoms with Crippen molar-refractivity contribution in [1.29, 1.82) is 0 Å². The average molecular weight is 316 g/mol. The largest absolute Gasteiger partial charge is 0.573 e. The van der Waals surface area contributed by atoms with E-state index in [1.165, 1.54) is 29.5 Å². The molecule has 0 fully saturated rings. The van der Waals surface area contributed by atoms with Crippen molar-refractivity contribution in [3.8, 4) is 11.5 Å². The summed E-state index contributed by atoms with van der Waals surface area (Å²) < 4.78 is 45.7. The first-order valence-electron chi connectivity index (χ1n) is 5.92. The number of aryl methyl sites for hydroxylation is 1. The molecule has 0 aliphatic rings. The fraction of sp³-hybridized carbons (Fsp3) is 0.214. The van der Waals surface area contributed by atoms with Gasteiger partial charge in [0.1, 0.15) is 0 Å². The van der Waals surface area contributed by atoms with Crippen LogP contribution in [0.1, 0.15) is 14.5 Å². The van der Waals surface area contributed by atoms with Crippen molar-refractivity contribution in [3.05, 3.63) is 46.2 Å². The predicted molar refractivity (Wildman–Crippen MR) is 72.0 cm³/mol. The summed E-state index contributed by atoms with van der Waals surface area (Å²) in [5.74, 6) is -0.897. The Labute approximate surface area is 122 Å². The number of hydrogen-bond donors (Lipinski definition) is 0. The van der Waals surface area contributed by atoms with Gasteiger partial charge in [0, 0.05) is 4.88 Å². The van der Waals surface area contributed by atoms with Gasteiger partial charge >= 0.3 is 6.36 Å². The number of ether oxygens (including phenoxy) is 2. The van der Waals surface area contributed by atoms with E-state index in [1.807, 2.05) is 6.92 Å². The fourth-order valence-corrected chi connectivity index (χ4v) is 2.37. The molecule has 0 aliphatic carbocycles. The number of para-hydroxylation sites is 2. The summed E-state index contributed by atoms with van der Waals surface area (Å²) in [4.78, 5) is 13.3. The van der Waals surface area contributed by atoms with Crippen LogP contribution in [-0.4, -0.2) is 18.8 Å². The van der Waals surface area contributed by atoms with Gasteiger partial charge in [-0.3, -0.25) is 4.79 Å². The molecule has 0 amide bonds. The zero-order chi connectivity index (χ0) is 15.5. The van der Waals surface area contributed by atoms with Crippen LogP contribution >= 0.6 is 11.3 Å². The highest BCUT2D eigenvalue weighted by Crippen LogP contribution is 2.31. The normalized spacial score (nSPS) is 11.2. The SMILES string of the molecule is Cc1ccc(C(=O)COc2ccccc2OC(F)(F)F)s1. The standard InChI is InChI=1S/C14H11F3O3S/c1-9-6-7-13(21-9)10(18)8-19-11-4-2-3-5-12(11)20-14(15,16)17/h2-7H,8H2,1H3. The summed E-state index contributed by atoms with van der Waals surface area (Å²) in [7, 11) is 0. The second-order valence-corrected chi connectivity index (χ2v) is 5.40. The molecule has 112 valence electrons. The Morgan fingerprint density at radius 1 is 1.14 bits per heavy atom. The molecule has 21 heavy (non-hydrogen) atoms. The van der Waals surface area contributed by atoms with Gasteiger partial charge in [0.15, 0.2) is 18.1 Å². The number of hydrogen-bond acceptors (Lipinski definition) is 4. The molecule has 1 aromatic heterocycles. The maximum atomic E-state index is 12.2. The van der Waals surface area contributed by atoms with Crippen LogP contribution in [0.15, 0.2) is 36.4 Å². The van der Waals surface area contributed by atoms with Crippen molar-refractivity contribution in [3.63, 3.8) is 0 Å². The molecule has 0 N–H and O–H groups in total. The van der Waals surface area contributed by atoms with Gasteiger partial charge < -0.3 is 9.47 Å². The van der Waals surface area contributed by atoms with Crippen LogP contribution in [0.4, 0.5) is 13.2 Å². The molecule has 0 bridgehead atoms. The van der Waals surface area contributed by atoms with E-state index in [9.17, 15) is 18.0 Å². The van der Waals surface area contributed by atoms with Crippen molar-refractivity contribution in [2.24, 2.45) is 0 Å². The van der Waals surface area contributed by atoms with Crippen molar-refractivity contribution in [2.45, 2.75) is 13.3 Å². The number of carbonyl (C=O) groups is 1. The molecule has 0 aliphatic heterocycles. The quantitative estimate of drug-likeness (QED) is 0.775. The van der Waals surface area contributed by atoms with E-state index in [1.54, 1.807) is 12.1 Å². The molecule has 0 radical (unpaired) electrons. The van der Waals surface area contributed by atoms with Crippen molar-refractivity contribution in [1.82, 2.24) is 0 Å². The lowest BCUT2D eigenvalue weighted by atomic mass is 10.3. The third kappa shape index (κ3) is 4.49. The first-order chi connectivity index (χ1) is 9.85. The monoisotopic (exact) mass is 316 g/mol. The number of halogens is 3. The van der Waals surface area contributed by atoms with Crippen molar-refractivity contribution < 1.29 is 27.4 Å². The molecule has 3 nitrogen and oxygen atoms in total. The Bertz CT molecular complexity index is 634. The van der Waals surface area contributed by atoms with Crippen LogP contribution in [0.3, 0.4) is 0 Å². The molecular formula is C14H11F3O3S. The third-order valence-electron chi connectivity index (χ3n) is 2.45. The highest BCUT2D eigenvalue weighted by atomic mass is 32.1. The lowest BCUT2D eigenvalue weighted by Crippen LogP contribution is -2.18. The molecule has 7 heteroatoms. The molecule has 0 unspecified atom stereocenters. The lowest BCUT2D eigenvalue weighted by molar-refractivity contribution is -0.275. The molecule has 1 heterocycles. The van der Waals surface area contributed by atoms with Crippen LogP contribution in [0, 0.1) is 6.92 Å². The topological polar surface area (TPSA) is 35.5 Å². The molecule has 2 rings (SSSR count). The zero-order valence-electron chi connectivity index (χ0n) is 10.9. The molecule has 0 saturated carbocycles. The Morgan fingerprint density at radius 2 is 1.81 bits per heavy atom. The Morgan fingerprint density at radius 3 is 2.38 bits per heavy atom. The number of benzene rings is 1. The van der Waals surface area contributed by atoms with E-state index in [0.717, 1.165) is 10.9 Å². The smallest absolute Gasteiger partial charge is 0.482 e. The van der Waals surface area contributed by atoms with Gasteiger partial charge in [0.05, 0.1) is 4.88 Å². The molecule has 1 aromatic carbocycles. The molecular weight excluding hydrogens is 305 g/mol.